The van der Waals surface area contributed by atoms with Gasteiger partial charge in [-0.3, -0.25) is 4.98 Å². The normalized spacial score (nSPS) is 11.0. The van der Waals surface area contributed by atoms with E-state index < -0.39 is 0 Å². The van der Waals surface area contributed by atoms with E-state index in [0.29, 0.717) is 15.9 Å². The lowest BCUT2D eigenvalue weighted by molar-refractivity contribution is 0.756. The van der Waals surface area contributed by atoms with Crippen LogP contribution in [0.2, 0.25) is 5.02 Å². The number of thioether (sulfide) groups is 1. The quantitative estimate of drug-likeness (QED) is 0.516. The number of hydrogen-bond acceptors (Lipinski definition) is 5. The van der Waals surface area contributed by atoms with Gasteiger partial charge in [-0.15, -0.1) is 5.10 Å². The second kappa shape index (κ2) is 6.59. The molecule has 0 N–H and O–H groups in total. The summed E-state index contributed by atoms with van der Waals surface area (Å²) in [5.74, 6) is 0.693. The smallest absolute Gasteiger partial charge is 0.214 e. The minimum absolute atomic E-state index is 0.682. The average molecular weight is 354 g/mol. The summed E-state index contributed by atoms with van der Waals surface area (Å²) in [5, 5.41) is 14.5. The van der Waals surface area contributed by atoms with Crippen LogP contribution in [0.15, 0.2) is 65.8 Å². The molecule has 0 atom stereocenters. The van der Waals surface area contributed by atoms with Crippen LogP contribution in [0.25, 0.3) is 16.6 Å². The molecule has 2 aromatic heterocycles. The van der Waals surface area contributed by atoms with Crippen molar-refractivity contribution in [3.63, 3.8) is 0 Å². The molecule has 0 aliphatic carbocycles. The van der Waals surface area contributed by atoms with Gasteiger partial charge >= 0.3 is 0 Å². The monoisotopic (exact) mass is 353 g/mol. The van der Waals surface area contributed by atoms with Gasteiger partial charge in [0.2, 0.25) is 5.16 Å². The summed E-state index contributed by atoms with van der Waals surface area (Å²) in [5.41, 5.74) is 2.86. The van der Waals surface area contributed by atoms with Crippen molar-refractivity contribution in [1.82, 2.24) is 25.2 Å². The molecule has 0 unspecified atom stereocenters. The molecule has 0 bridgehead atoms. The van der Waals surface area contributed by atoms with Crippen molar-refractivity contribution in [1.29, 1.82) is 0 Å². The Bertz CT molecular complexity index is 984. The van der Waals surface area contributed by atoms with Crippen molar-refractivity contribution in [2.75, 3.05) is 0 Å². The summed E-state index contributed by atoms with van der Waals surface area (Å²) in [6.45, 7) is 0. The molecule has 0 saturated carbocycles. The van der Waals surface area contributed by atoms with Crippen LogP contribution in [0.5, 0.6) is 0 Å². The van der Waals surface area contributed by atoms with E-state index >= 15 is 0 Å². The molecule has 7 heteroatoms. The Morgan fingerprint density at radius 1 is 0.958 bits per heavy atom. The van der Waals surface area contributed by atoms with Crippen LogP contribution in [0.1, 0.15) is 5.69 Å². The van der Waals surface area contributed by atoms with Gasteiger partial charge in [0, 0.05) is 16.2 Å². The first-order valence-electron chi connectivity index (χ1n) is 7.31. The van der Waals surface area contributed by atoms with E-state index in [4.69, 9.17) is 11.6 Å². The minimum atomic E-state index is 0.682. The number of fused-ring (bicyclic) bond motifs is 1. The van der Waals surface area contributed by atoms with Crippen molar-refractivity contribution >= 4 is 34.3 Å². The van der Waals surface area contributed by atoms with Crippen LogP contribution in [0.4, 0.5) is 0 Å². The van der Waals surface area contributed by atoms with E-state index in [1.165, 1.54) is 0 Å². The van der Waals surface area contributed by atoms with Crippen LogP contribution < -0.4 is 0 Å². The fourth-order valence-corrected chi connectivity index (χ4v) is 3.26. The lowest BCUT2D eigenvalue weighted by Gasteiger charge is -2.05. The number of tetrazole rings is 1. The molecule has 0 saturated heterocycles. The van der Waals surface area contributed by atoms with E-state index in [0.717, 1.165) is 22.3 Å². The summed E-state index contributed by atoms with van der Waals surface area (Å²) >= 11 is 7.47. The first-order chi connectivity index (χ1) is 11.8. The number of nitrogens with zero attached hydrogens (tertiary/aromatic N) is 5. The molecule has 0 spiro atoms. The Labute approximate surface area is 147 Å². The molecular weight excluding hydrogens is 342 g/mol. The number of para-hydroxylation sites is 1. The summed E-state index contributed by atoms with van der Waals surface area (Å²) in [6.07, 6.45) is 0. The zero-order valence-electron chi connectivity index (χ0n) is 12.5. The fourth-order valence-electron chi connectivity index (χ4n) is 2.34. The highest BCUT2D eigenvalue weighted by molar-refractivity contribution is 7.98. The first-order valence-corrected chi connectivity index (χ1v) is 8.68. The zero-order chi connectivity index (χ0) is 16.4. The largest absolute Gasteiger partial charge is 0.252 e. The predicted octanol–water partition coefficient (Wildman–Crippen LogP) is 4.16. The summed E-state index contributed by atoms with van der Waals surface area (Å²) in [7, 11) is 0. The molecule has 4 aromatic rings. The first kappa shape index (κ1) is 15.1. The number of aromatic nitrogens is 5. The molecule has 118 valence electrons. The summed E-state index contributed by atoms with van der Waals surface area (Å²) in [6, 6.07) is 19.6. The number of halogens is 1. The third kappa shape index (κ3) is 3.11. The maximum Gasteiger partial charge on any atom is 0.214 e. The highest BCUT2D eigenvalue weighted by atomic mass is 35.5. The Balaban J connectivity index is 1.55. The van der Waals surface area contributed by atoms with Crippen LogP contribution in [0, 0.1) is 0 Å². The molecular formula is C17H12ClN5S. The van der Waals surface area contributed by atoms with Crippen LogP contribution in [-0.4, -0.2) is 25.2 Å². The third-order valence-corrected chi connectivity index (χ3v) is 4.72. The standard InChI is InChI=1S/C17H12ClN5S/c18-13-6-9-15(10-7-13)23-17(20-21-22-23)24-11-14-8-5-12-3-1-2-4-16(12)19-14/h1-10H,11H2. The van der Waals surface area contributed by atoms with Gasteiger partial charge in [0.05, 0.1) is 16.9 Å². The van der Waals surface area contributed by atoms with Crippen molar-refractivity contribution in [2.45, 2.75) is 10.9 Å². The van der Waals surface area contributed by atoms with Gasteiger partial charge in [-0.1, -0.05) is 47.6 Å². The van der Waals surface area contributed by atoms with Gasteiger partial charge in [0.1, 0.15) is 0 Å². The Morgan fingerprint density at radius 3 is 2.67 bits per heavy atom. The van der Waals surface area contributed by atoms with Crippen LogP contribution in [0.3, 0.4) is 0 Å². The molecule has 4 rings (SSSR count). The molecule has 2 heterocycles. The van der Waals surface area contributed by atoms with Crippen LogP contribution >= 0.6 is 23.4 Å². The van der Waals surface area contributed by atoms with E-state index in [2.05, 4.69) is 32.6 Å². The fraction of sp³-hybridized carbons (Fsp3) is 0.0588. The van der Waals surface area contributed by atoms with Crippen molar-refractivity contribution in [3.8, 4) is 5.69 Å². The number of benzene rings is 2. The second-order valence-corrected chi connectivity index (χ2v) is 6.51. The van der Waals surface area contributed by atoms with Crippen molar-refractivity contribution in [2.24, 2.45) is 0 Å². The molecule has 0 amide bonds. The predicted molar refractivity (Wildman–Crippen MR) is 95.5 cm³/mol. The third-order valence-electron chi connectivity index (χ3n) is 3.52. The lowest BCUT2D eigenvalue weighted by atomic mass is 10.2. The van der Waals surface area contributed by atoms with Gasteiger partial charge < -0.3 is 0 Å². The molecule has 0 aliphatic rings. The molecule has 24 heavy (non-hydrogen) atoms. The maximum atomic E-state index is 5.93. The van der Waals surface area contributed by atoms with Gasteiger partial charge in [-0.25, -0.2) is 0 Å². The number of pyridine rings is 1. The van der Waals surface area contributed by atoms with E-state index in [-0.39, 0.29) is 0 Å². The average Bonchev–Trinajstić information content (AvgIpc) is 3.09. The molecule has 0 fully saturated rings. The topological polar surface area (TPSA) is 56.5 Å². The van der Waals surface area contributed by atoms with Gasteiger partial charge in [-0.05, 0) is 46.8 Å². The number of hydrogen-bond donors (Lipinski definition) is 0. The highest BCUT2D eigenvalue weighted by Gasteiger charge is 2.10. The molecule has 5 nitrogen and oxygen atoms in total. The van der Waals surface area contributed by atoms with Crippen molar-refractivity contribution < 1.29 is 0 Å². The van der Waals surface area contributed by atoms with Gasteiger partial charge in [0.25, 0.3) is 0 Å². The molecule has 0 radical (unpaired) electrons. The van der Waals surface area contributed by atoms with E-state index in [9.17, 15) is 0 Å². The zero-order valence-corrected chi connectivity index (χ0v) is 14.1. The van der Waals surface area contributed by atoms with Crippen molar-refractivity contribution in [3.05, 3.63) is 71.4 Å². The van der Waals surface area contributed by atoms with Gasteiger partial charge in [-0.2, -0.15) is 4.68 Å². The summed E-state index contributed by atoms with van der Waals surface area (Å²) in [4.78, 5) is 4.67. The second-order valence-electron chi connectivity index (χ2n) is 5.13. The maximum absolute atomic E-state index is 5.93. The Hall–Kier alpha value is -2.44. The Morgan fingerprint density at radius 2 is 1.79 bits per heavy atom. The van der Waals surface area contributed by atoms with E-state index in [1.807, 2.05) is 48.5 Å². The minimum Gasteiger partial charge on any atom is -0.252 e. The molecule has 2 aromatic carbocycles. The van der Waals surface area contributed by atoms with Gasteiger partial charge in [0.15, 0.2) is 0 Å². The SMILES string of the molecule is Clc1ccc(-n2nnnc2SCc2ccc3ccccc3n2)cc1. The lowest BCUT2D eigenvalue weighted by Crippen LogP contribution is -1.99. The molecule has 0 aliphatic heterocycles. The highest BCUT2D eigenvalue weighted by Crippen LogP contribution is 2.23. The summed E-state index contributed by atoms with van der Waals surface area (Å²) < 4.78 is 1.70. The van der Waals surface area contributed by atoms with E-state index in [1.54, 1.807) is 16.4 Å². The Kier molecular flexibility index (Phi) is 4.15. The number of rotatable bonds is 4. The van der Waals surface area contributed by atoms with Crippen LogP contribution in [-0.2, 0) is 5.75 Å².